The molecule has 0 fully saturated rings. The van der Waals surface area contributed by atoms with Crippen molar-refractivity contribution in [2.24, 2.45) is 0 Å². The Morgan fingerprint density at radius 1 is 1.20 bits per heavy atom. The average molecular weight is 237 g/mol. The van der Waals surface area contributed by atoms with E-state index in [-0.39, 0.29) is 5.75 Å². The number of hydrogen-bond acceptors (Lipinski definition) is 1. The molecule has 0 N–H and O–H groups in total. The van der Waals surface area contributed by atoms with E-state index in [2.05, 4.69) is 4.74 Å². The Bertz CT molecular complexity index is 330. The van der Waals surface area contributed by atoms with Gasteiger partial charge in [-0.1, -0.05) is 24.3 Å². The molecule has 0 saturated heterocycles. The molecule has 0 amide bonds. The molecule has 0 aliphatic heterocycles. The van der Waals surface area contributed by atoms with Crippen molar-refractivity contribution in [3.8, 4) is 5.75 Å². The van der Waals surface area contributed by atoms with Crippen LogP contribution in [0.3, 0.4) is 0 Å². The molecule has 0 radical (unpaired) electrons. The first-order chi connectivity index (χ1) is 7.01. The Hall–Kier alpha value is -1.16. The van der Waals surface area contributed by atoms with Crippen molar-refractivity contribution in [2.75, 3.05) is 5.88 Å². The van der Waals surface area contributed by atoms with E-state index in [1.165, 1.54) is 24.3 Å². The van der Waals surface area contributed by atoms with E-state index in [0.717, 1.165) is 5.56 Å². The van der Waals surface area contributed by atoms with Crippen molar-refractivity contribution >= 4 is 17.7 Å². The van der Waals surface area contributed by atoms with E-state index >= 15 is 0 Å². The second kappa shape index (κ2) is 5.07. The summed E-state index contributed by atoms with van der Waals surface area (Å²) in [5.41, 5.74) is 0.769. The smallest absolute Gasteiger partial charge is 0.406 e. The van der Waals surface area contributed by atoms with Crippen LogP contribution in [0, 0.1) is 0 Å². The summed E-state index contributed by atoms with van der Waals surface area (Å²) in [6.07, 6.45) is -1.24. The lowest BCUT2D eigenvalue weighted by molar-refractivity contribution is -0.274. The Morgan fingerprint density at radius 2 is 1.80 bits per heavy atom. The average Bonchev–Trinajstić information content (AvgIpc) is 2.14. The third kappa shape index (κ3) is 4.74. The van der Waals surface area contributed by atoms with Gasteiger partial charge in [-0.2, -0.15) is 0 Å². The Labute approximate surface area is 90.1 Å². The zero-order valence-corrected chi connectivity index (χ0v) is 8.35. The van der Waals surface area contributed by atoms with Crippen LogP contribution >= 0.6 is 11.6 Å². The van der Waals surface area contributed by atoms with Crippen molar-refractivity contribution in [3.63, 3.8) is 0 Å². The van der Waals surface area contributed by atoms with Crippen LogP contribution < -0.4 is 4.74 Å². The highest BCUT2D eigenvalue weighted by Gasteiger charge is 2.30. The Morgan fingerprint density at radius 3 is 2.27 bits per heavy atom. The van der Waals surface area contributed by atoms with E-state index in [9.17, 15) is 13.2 Å². The number of alkyl halides is 4. The van der Waals surface area contributed by atoms with Gasteiger partial charge in [-0.3, -0.25) is 0 Å². The van der Waals surface area contributed by atoms with Crippen LogP contribution in [0.4, 0.5) is 13.2 Å². The molecule has 0 heterocycles. The zero-order valence-electron chi connectivity index (χ0n) is 7.59. The van der Waals surface area contributed by atoms with E-state index in [0.29, 0.717) is 5.88 Å². The normalized spacial score (nSPS) is 12.0. The summed E-state index contributed by atoms with van der Waals surface area (Å²) in [4.78, 5) is 0. The van der Waals surface area contributed by atoms with Crippen molar-refractivity contribution in [3.05, 3.63) is 35.9 Å². The van der Waals surface area contributed by atoms with Gasteiger partial charge in [0.25, 0.3) is 0 Å². The monoisotopic (exact) mass is 236 g/mol. The fraction of sp³-hybridized carbons (Fsp3) is 0.200. The zero-order chi connectivity index (χ0) is 11.3. The topological polar surface area (TPSA) is 9.23 Å². The molecule has 0 saturated carbocycles. The van der Waals surface area contributed by atoms with Gasteiger partial charge in [0.15, 0.2) is 0 Å². The van der Waals surface area contributed by atoms with Gasteiger partial charge >= 0.3 is 6.36 Å². The third-order valence-electron chi connectivity index (χ3n) is 1.51. The lowest BCUT2D eigenvalue weighted by Crippen LogP contribution is -2.16. The molecule has 0 aliphatic rings. The van der Waals surface area contributed by atoms with Crippen molar-refractivity contribution in [2.45, 2.75) is 6.36 Å². The minimum Gasteiger partial charge on any atom is -0.406 e. The number of hydrogen-bond donors (Lipinski definition) is 0. The summed E-state index contributed by atoms with van der Waals surface area (Å²) in [5.74, 6) is 0.131. The fourth-order valence-corrected chi connectivity index (χ4v) is 1.05. The van der Waals surface area contributed by atoms with Crippen molar-refractivity contribution in [1.82, 2.24) is 0 Å². The Kier molecular flexibility index (Phi) is 4.03. The lowest BCUT2D eigenvalue weighted by atomic mass is 10.2. The second-order valence-corrected chi connectivity index (χ2v) is 2.98. The summed E-state index contributed by atoms with van der Waals surface area (Å²) in [6.45, 7) is 0. The number of halogens is 4. The molecule has 1 aromatic rings. The molecular weight excluding hydrogens is 229 g/mol. The van der Waals surface area contributed by atoms with Crippen LogP contribution in [-0.2, 0) is 0 Å². The van der Waals surface area contributed by atoms with Gasteiger partial charge in [0, 0.05) is 5.88 Å². The lowest BCUT2D eigenvalue weighted by Gasteiger charge is -2.08. The molecule has 0 aliphatic carbocycles. The van der Waals surface area contributed by atoms with Gasteiger partial charge in [0.2, 0.25) is 0 Å². The van der Waals surface area contributed by atoms with Gasteiger partial charge in [0.1, 0.15) is 5.75 Å². The third-order valence-corrected chi connectivity index (χ3v) is 1.69. The molecule has 0 atom stereocenters. The summed E-state index contributed by atoms with van der Waals surface area (Å²) in [7, 11) is 0. The van der Waals surface area contributed by atoms with E-state index in [4.69, 9.17) is 11.6 Å². The molecule has 0 aromatic heterocycles. The molecule has 1 rings (SSSR count). The standard InChI is InChI=1S/C10H8ClF3O/c11-7-1-2-8-3-5-9(6-4-8)15-10(12,13)14/h1-6H,7H2/b2-1+. The van der Waals surface area contributed by atoms with Crippen LogP contribution in [0.1, 0.15) is 5.56 Å². The molecule has 5 heteroatoms. The minimum atomic E-state index is -4.65. The number of rotatable bonds is 3. The Balaban J connectivity index is 2.68. The summed E-state index contributed by atoms with van der Waals surface area (Å²) in [5, 5.41) is 0. The maximum atomic E-state index is 11.8. The molecule has 0 spiro atoms. The molecular formula is C10H8ClF3O. The summed E-state index contributed by atoms with van der Waals surface area (Å²) in [6, 6.07) is 5.54. The SMILES string of the molecule is FC(F)(F)Oc1ccc(/C=C/CCl)cc1. The molecule has 0 bridgehead atoms. The van der Waals surface area contributed by atoms with Crippen LogP contribution in [0.25, 0.3) is 6.08 Å². The van der Waals surface area contributed by atoms with Crippen LogP contribution in [-0.4, -0.2) is 12.2 Å². The maximum absolute atomic E-state index is 11.8. The molecule has 82 valence electrons. The minimum absolute atomic E-state index is 0.231. The highest BCUT2D eigenvalue weighted by atomic mass is 35.5. The number of benzene rings is 1. The predicted molar refractivity (Wildman–Crippen MR) is 52.9 cm³/mol. The van der Waals surface area contributed by atoms with Gasteiger partial charge in [-0.15, -0.1) is 24.8 Å². The highest BCUT2D eigenvalue weighted by molar-refractivity contribution is 6.19. The number of ether oxygens (including phenoxy) is 1. The summed E-state index contributed by atoms with van der Waals surface area (Å²) < 4.78 is 39.1. The largest absolute Gasteiger partial charge is 0.573 e. The fourth-order valence-electron chi connectivity index (χ4n) is 0.961. The van der Waals surface area contributed by atoms with Crippen molar-refractivity contribution in [1.29, 1.82) is 0 Å². The van der Waals surface area contributed by atoms with E-state index in [1.807, 2.05) is 0 Å². The predicted octanol–water partition coefficient (Wildman–Crippen LogP) is 3.84. The quantitative estimate of drug-likeness (QED) is 0.725. The molecule has 1 aromatic carbocycles. The van der Waals surface area contributed by atoms with Gasteiger partial charge in [0.05, 0.1) is 0 Å². The van der Waals surface area contributed by atoms with Crippen LogP contribution in [0.2, 0.25) is 0 Å². The number of allylic oxidation sites excluding steroid dienone is 1. The molecule has 0 unspecified atom stereocenters. The van der Waals surface area contributed by atoms with Gasteiger partial charge in [-0.25, -0.2) is 0 Å². The van der Waals surface area contributed by atoms with E-state index < -0.39 is 6.36 Å². The van der Waals surface area contributed by atoms with Crippen molar-refractivity contribution < 1.29 is 17.9 Å². The molecule has 15 heavy (non-hydrogen) atoms. The summed E-state index contributed by atoms with van der Waals surface area (Å²) >= 11 is 5.41. The van der Waals surface area contributed by atoms with Crippen LogP contribution in [0.15, 0.2) is 30.3 Å². The van der Waals surface area contributed by atoms with Gasteiger partial charge in [-0.05, 0) is 17.7 Å². The first kappa shape index (κ1) is 11.9. The van der Waals surface area contributed by atoms with Crippen LogP contribution in [0.5, 0.6) is 5.75 Å². The highest BCUT2D eigenvalue weighted by Crippen LogP contribution is 2.22. The van der Waals surface area contributed by atoms with Gasteiger partial charge < -0.3 is 4.74 Å². The second-order valence-electron chi connectivity index (χ2n) is 2.67. The maximum Gasteiger partial charge on any atom is 0.573 e. The first-order valence-corrected chi connectivity index (χ1v) is 4.63. The molecule has 1 nitrogen and oxygen atoms in total. The van der Waals surface area contributed by atoms with E-state index in [1.54, 1.807) is 12.2 Å². The first-order valence-electron chi connectivity index (χ1n) is 4.09.